The Morgan fingerprint density at radius 3 is 2.67 bits per heavy atom. The second kappa shape index (κ2) is 4.92. The number of carbonyl (C=O) groups is 1. The maximum atomic E-state index is 11.8. The van der Waals surface area contributed by atoms with Gasteiger partial charge in [-0.3, -0.25) is 4.79 Å². The lowest BCUT2D eigenvalue weighted by Gasteiger charge is -2.04. The van der Waals surface area contributed by atoms with Crippen LogP contribution >= 0.6 is 0 Å². The van der Waals surface area contributed by atoms with Crippen LogP contribution in [0.25, 0.3) is 0 Å². The van der Waals surface area contributed by atoms with Gasteiger partial charge in [-0.05, 0) is 30.4 Å². The number of hydrogen-bond donors (Lipinski definition) is 0. The van der Waals surface area contributed by atoms with E-state index in [1.54, 1.807) is 0 Å². The highest BCUT2D eigenvalue weighted by molar-refractivity contribution is 5.95. The third-order valence-electron chi connectivity index (χ3n) is 2.84. The molecule has 0 atom stereocenters. The minimum Gasteiger partial charge on any atom is -0.295 e. The van der Waals surface area contributed by atoms with Gasteiger partial charge in [0, 0.05) is 12.8 Å². The standard InChI is InChI=1S/C14H16O/c15-14-10-6-2-5-9-13(14)11-12-7-3-1-4-8-12/h1,3-4,7-9H,2,5-6,10-11H2. The van der Waals surface area contributed by atoms with Gasteiger partial charge in [-0.25, -0.2) is 0 Å². The molecule has 0 N–H and O–H groups in total. The van der Waals surface area contributed by atoms with E-state index in [-0.39, 0.29) is 0 Å². The fraction of sp³-hybridized carbons (Fsp3) is 0.357. The minimum atomic E-state index is 0.344. The zero-order chi connectivity index (χ0) is 10.5. The lowest BCUT2D eigenvalue weighted by molar-refractivity contribution is -0.115. The van der Waals surface area contributed by atoms with Crippen molar-refractivity contribution in [3.63, 3.8) is 0 Å². The Balaban J connectivity index is 2.10. The van der Waals surface area contributed by atoms with Gasteiger partial charge in [-0.15, -0.1) is 0 Å². The first-order valence-corrected chi connectivity index (χ1v) is 5.62. The molecular formula is C14H16O. The molecule has 0 aliphatic heterocycles. The van der Waals surface area contributed by atoms with Gasteiger partial charge >= 0.3 is 0 Å². The molecule has 0 amide bonds. The molecule has 1 nitrogen and oxygen atoms in total. The summed E-state index contributed by atoms with van der Waals surface area (Å²) in [6, 6.07) is 10.2. The van der Waals surface area contributed by atoms with Crippen molar-refractivity contribution in [3.8, 4) is 0 Å². The van der Waals surface area contributed by atoms with E-state index in [0.29, 0.717) is 5.78 Å². The molecule has 0 radical (unpaired) electrons. The molecule has 15 heavy (non-hydrogen) atoms. The van der Waals surface area contributed by atoms with Gasteiger partial charge < -0.3 is 0 Å². The van der Waals surface area contributed by atoms with Crippen LogP contribution < -0.4 is 0 Å². The number of carbonyl (C=O) groups excluding carboxylic acids is 1. The van der Waals surface area contributed by atoms with Crippen LogP contribution in [0.4, 0.5) is 0 Å². The van der Waals surface area contributed by atoms with E-state index >= 15 is 0 Å². The number of Topliss-reactive ketones (excluding diaryl/α,β-unsaturated/α-hetero) is 1. The van der Waals surface area contributed by atoms with Crippen molar-refractivity contribution in [1.82, 2.24) is 0 Å². The van der Waals surface area contributed by atoms with Crippen LogP contribution in [-0.2, 0) is 11.2 Å². The van der Waals surface area contributed by atoms with Crippen LogP contribution in [0.5, 0.6) is 0 Å². The summed E-state index contributed by atoms with van der Waals surface area (Å²) in [5.74, 6) is 0.344. The zero-order valence-corrected chi connectivity index (χ0v) is 8.91. The molecule has 0 fully saturated rings. The second-order valence-electron chi connectivity index (χ2n) is 4.06. The molecule has 0 saturated heterocycles. The molecule has 0 spiro atoms. The summed E-state index contributed by atoms with van der Waals surface area (Å²) in [5, 5.41) is 0. The molecule has 78 valence electrons. The minimum absolute atomic E-state index is 0.344. The maximum Gasteiger partial charge on any atom is 0.158 e. The maximum absolute atomic E-state index is 11.8. The van der Waals surface area contributed by atoms with E-state index in [1.807, 2.05) is 18.2 Å². The van der Waals surface area contributed by atoms with E-state index in [2.05, 4.69) is 18.2 Å². The summed E-state index contributed by atoms with van der Waals surface area (Å²) in [6.45, 7) is 0. The van der Waals surface area contributed by atoms with E-state index < -0.39 is 0 Å². The molecule has 2 rings (SSSR count). The van der Waals surface area contributed by atoms with Gasteiger partial charge in [-0.2, -0.15) is 0 Å². The number of hydrogen-bond acceptors (Lipinski definition) is 1. The highest BCUT2D eigenvalue weighted by Gasteiger charge is 2.12. The van der Waals surface area contributed by atoms with Gasteiger partial charge in [0.2, 0.25) is 0 Å². The average molecular weight is 200 g/mol. The fourth-order valence-electron chi connectivity index (χ4n) is 1.97. The SMILES string of the molecule is O=C1CCCCC=C1Cc1ccccc1. The van der Waals surface area contributed by atoms with E-state index in [1.165, 1.54) is 5.56 Å². The summed E-state index contributed by atoms with van der Waals surface area (Å²) < 4.78 is 0. The van der Waals surface area contributed by atoms with Crippen molar-refractivity contribution in [2.45, 2.75) is 32.1 Å². The number of ketones is 1. The molecule has 0 heterocycles. The molecule has 1 heteroatoms. The third kappa shape index (κ3) is 2.79. The van der Waals surface area contributed by atoms with E-state index in [9.17, 15) is 4.79 Å². The Labute approximate surface area is 90.8 Å². The van der Waals surface area contributed by atoms with Crippen molar-refractivity contribution < 1.29 is 4.79 Å². The van der Waals surface area contributed by atoms with Crippen LogP contribution in [0.1, 0.15) is 31.2 Å². The molecule has 1 aliphatic rings. The second-order valence-corrected chi connectivity index (χ2v) is 4.06. The molecular weight excluding hydrogens is 184 g/mol. The smallest absolute Gasteiger partial charge is 0.158 e. The summed E-state index contributed by atoms with van der Waals surface area (Å²) >= 11 is 0. The lowest BCUT2D eigenvalue weighted by atomic mass is 10.0. The summed E-state index contributed by atoms with van der Waals surface area (Å²) in [6.07, 6.45) is 6.94. The van der Waals surface area contributed by atoms with Crippen molar-refractivity contribution in [3.05, 3.63) is 47.5 Å². The van der Waals surface area contributed by atoms with Crippen LogP contribution in [0.15, 0.2) is 42.0 Å². The first-order valence-electron chi connectivity index (χ1n) is 5.62. The molecule has 1 aromatic rings. The first kappa shape index (κ1) is 10.2. The van der Waals surface area contributed by atoms with Crippen molar-refractivity contribution in [2.24, 2.45) is 0 Å². The molecule has 0 aromatic heterocycles. The Kier molecular flexibility index (Phi) is 3.33. The van der Waals surface area contributed by atoms with Crippen LogP contribution in [0.2, 0.25) is 0 Å². The topological polar surface area (TPSA) is 17.1 Å². The highest BCUT2D eigenvalue weighted by atomic mass is 16.1. The average Bonchev–Trinajstić information content (AvgIpc) is 2.46. The predicted molar refractivity (Wildman–Crippen MR) is 61.7 cm³/mol. The third-order valence-corrected chi connectivity index (χ3v) is 2.84. The van der Waals surface area contributed by atoms with Crippen molar-refractivity contribution in [1.29, 1.82) is 0 Å². The monoisotopic (exact) mass is 200 g/mol. The summed E-state index contributed by atoms with van der Waals surface area (Å²) in [4.78, 5) is 11.8. The van der Waals surface area contributed by atoms with Crippen molar-refractivity contribution >= 4 is 5.78 Å². The van der Waals surface area contributed by atoms with Gasteiger partial charge in [0.15, 0.2) is 5.78 Å². The molecule has 1 aliphatic carbocycles. The molecule has 1 aromatic carbocycles. The Morgan fingerprint density at radius 1 is 1.07 bits per heavy atom. The first-order chi connectivity index (χ1) is 7.36. The number of benzene rings is 1. The van der Waals surface area contributed by atoms with Gasteiger partial charge in [0.25, 0.3) is 0 Å². The fourth-order valence-corrected chi connectivity index (χ4v) is 1.97. The van der Waals surface area contributed by atoms with Crippen LogP contribution in [0.3, 0.4) is 0 Å². The summed E-state index contributed by atoms with van der Waals surface area (Å²) in [5.41, 5.74) is 2.25. The largest absolute Gasteiger partial charge is 0.295 e. The lowest BCUT2D eigenvalue weighted by Crippen LogP contribution is -2.03. The number of rotatable bonds is 2. The normalized spacial score (nSPS) is 17.1. The zero-order valence-electron chi connectivity index (χ0n) is 8.91. The van der Waals surface area contributed by atoms with Gasteiger partial charge in [0.05, 0.1) is 0 Å². The van der Waals surface area contributed by atoms with E-state index in [0.717, 1.165) is 37.7 Å². The molecule has 0 saturated carbocycles. The predicted octanol–water partition coefficient (Wildman–Crippen LogP) is 3.30. The van der Waals surface area contributed by atoms with Crippen molar-refractivity contribution in [2.75, 3.05) is 0 Å². The summed E-state index contributed by atoms with van der Waals surface area (Å²) in [7, 11) is 0. The molecule has 0 unspecified atom stereocenters. The van der Waals surface area contributed by atoms with Crippen LogP contribution in [-0.4, -0.2) is 5.78 Å². The number of allylic oxidation sites excluding steroid dienone is 2. The van der Waals surface area contributed by atoms with E-state index in [4.69, 9.17) is 0 Å². The quantitative estimate of drug-likeness (QED) is 0.716. The Bertz CT molecular complexity index is 362. The highest BCUT2D eigenvalue weighted by Crippen LogP contribution is 2.17. The Morgan fingerprint density at radius 2 is 1.87 bits per heavy atom. The van der Waals surface area contributed by atoms with Gasteiger partial charge in [-0.1, -0.05) is 36.4 Å². The Hall–Kier alpha value is -1.37. The van der Waals surface area contributed by atoms with Gasteiger partial charge in [0.1, 0.15) is 0 Å². The van der Waals surface area contributed by atoms with Crippen LogP contribution in [0, 0.1) is 0 Å². The molecule has 0 bridgehead atoms.